The third-order valence-electron chi connectivity index (χ3n) is 4.19. The van der Waals surface area contributed by atoms with Crippen LogP contribution >= 0.6 is 12.2 Å². The van der Waals surface area contributed by atoms with Gasteiger partial charge in [0.2, 0.25) is 5.89 Å². The van der Waals surface area contributed by atoms with E-state index < -0.39 is 0 Å². The summed E-state index contributed by atoms with van der Waals surface area (Å²) in [6.45, 7) is 2.79. The van der Waals surface area contributed by atoms with E-state index >= 15 is 0 Å². The number of rotatable bonds is 3. The van der Waals surface area contributed by atoms with Gasteiger partial charge in [-0.2, -0.15) is 4.68 Å². The van der Waals surface area contributed by atoms with Crippen molar-refractivity contribution in [3.63, 3.8) is 0 Å². The maximum absolute atomic E-state index is 5.63. The maximum Gasteiger partial charge on any atom is 0.292 e. The number of fused-ring (bicyclic) bond motifs is 1. The largest absolute Gasteiger partial charge is 0.409 e. The fraction of sp³-hybridized carbons (Fsp3) is 0.235. The fourth-order valence-corrected chi connectivity index (χ4v) is 3.19. The Labute approximate surface area is 139 Å². The average Bonchev–Trinajstić information content (AvgIpc) is 2.96. The molecule has 116 valence electrons. The van der Waals surface area contributed by atoms with Crippen molar-refractivity contribution < 1.29 is 9.32 Å². The van der Waals surface area contributed by atoms with Crippen LogP contribution in [0, 0.1) is 4.84 Å². The summed E-state index contributed by atoms with van der Waals surface area (Å²) in [6.07, 6.45) is 4.55. The summed E-state index contributed by atoms with van der Waals surface area (Å²) in [5.41, 5.74) is 3.71. The van der Waals surface area contributed by atoms with Gasteiger partial charge in [-0.05, 0) is 29.9 Å². The summed E-state index contributed by atoms with van der Waals surface area (Å²) in [5, 5.41) is 4.52. The molecule has 0 saturated carbocycles. The van der Waals surface area contributed by atoms with Gasteiger partial charge in [0, 0.05) is 24.4 Å². The second-order valence-electron chi connectivity index (χ2n) is 5.77. The molecule has 1 unspecified atom stereocenters. The minimum atomic E-state index is 0.412. The lowest BCUT2D eigenvalue weighted by Crippen LogP contribution is -3.11. The van der Waals surface area contributed by atoms with Crippen LogP contribution in [-0.2, 0) is 19.6 Å². The van der Waals surface area contributed by atoms with Gasteiger partial charge in [0.15, 0.2) is 6.67 Å². The Kier molecular flexibility index (Phi) is 3.77. The van der Waals surface area contributed by atoms with E-state index in [1.807, 2.05) is 12.1 Å². The Balaban J connectivity index is 1.54. The summed E-state index contributed by atoms with van der Waals surface area (Å²) in [5.74, 6) is 0.528. The van der Waals surface area contributed by atoms with E-state index in [0.29, 0.717) is 10.7 Å². The van der Waals surface area contributed by atoms with Crippen molar-refractivity contribution in [2.24, 2.45) is 0 Å². The van der Waals surface area contributed by atoms with Crippen LogP contribution in [0.15, 0.2) is 53.2 Å². The zero-order chi connectivity index (χ0) is 15.6. The average molecular weight is 325 g/mol. The third-order valence-corrected chi connectivity index (χ3v) is 4.49. The van der Waals surface area contributed by atoms with Gasteiger partial charge in [0.1, 0.15) is 6.54 Å². The Morgan fingerprint density at radius 1 is 1.17 bits per heavy atom. The molecule has 1 N–H and O–H groups in total. The SMILES string of the molecule is S=c1oc(-c2cccnc2)nn1C[NH+]1CCc2ccccc2C1. The molecular formula is C17H17N4OS+. The third kappa shape index (κ3) is 2.95. The monoisotopic (exact) mass is 325 g/mol. The van der Waals surface area contributed by atoms with Crippen molar-refractivity contribution in [3.05, 3.63) is 64.8 Å². The van der Waals surface area contributed by atoms with Gasteiger partial charge in [-0.1, -0.05) is 24.3 Å². The molecule has 1 aliphatic heterocycles. The second kappa shape index (κ2) is 6.06. The van der Waals surface area contributed by atoms with Gasteiger partial charge >= 0.3 is 0 Å². The number of pyridine rings is 1. The molecule has 0 bridgehead atoms. The van der Waals surface area contributed by atoms with E-state index in [1.54, 1.807) is 17.1 Å². The van der Waals surface area contributed by atoms with Crippen LogP contribution in [-0.4, -0.2) is 21.3 Å². The molecule has 5 nitrogen and oxygen atoms in total. The van der Waals surface area contributed by atoms with Crippen molar-refractivity contribution >= 4 is 12.2 Å². The number of nitrogens with zero attached hydrogens (tertiary/aromatic N) is 3. The Bertz CT molecular complexity index is 872. The number of aromatic nitrogens is 3. The molecule has 3 heterocycles. The number of quaternary nitrogens is 1. The van der Waals surface area contributed by atoms with Crippen LogP contribution < -0.4 is 4.90 Å². The highest BCUT2D eigenvalue weighted by atomic mass is 32.1. The number of benzene rings is 1. The summed E-state index contributed by atoms with van der Waals surface area (Å²) in [7, 11) is 0. The van der Waals surface area contributed by atoms with Crippen molar-refractivity contribution in [1.82, 2.24) is 14.8 Å². The van der Waals surface area contributed by atoms with E-state index in [1.165, 1.54) is 16.0 Å². The number of nitrogens with one attached hydrogen (secondary N) is 1. The first-order chi connectivity index (χ1) is 11.3. The molecule has 3 aromatic rings. The first kappa shape index (κ1) is 14.3. The predicted molar refractivity (Wildman–Crippen MR) is 88.2 cm³/mol. The quantitative estimate of drug-likeness (QED) is 0.747. The van der Waals surface area contributed by atoms with Crippen LogP contribution in [0.25, 0.3) is 11.5 Å². The van der Waals surface area contributed by atoms with E-state index in [2.05, 4.69) is 34.3 Å². The van der Waals surface area contributed by atoms with E-state index in [-0.39, 0.29) is 0 Å². The minimum absolute atomic E-state index is 0.412. The highest BCUT2D eigenvalue weighted by Crippen LogP contribution is 2.16. The standard InChI is InChI=1S/C17H16N4OS/c23-17-21(19-16(22-17)14-6-3-8-18-10-14)12-20-9-7-13-4-1-2-5-15(13)11-20/h1-6,8,10H,7,9,11-12H2/p+1. The van der Waals surface area contributed by atoms with Crippen LogP contribution in [0.5, 0.6) is 0 Å². The highest BCUT2D eigenvalue weighted by Gasteiger charge is 2.20. The lowest BCUT2D eigenvalue weighted by molar-refractivity contribution is -0.939. The smallest absolute Gasteiger partial charge is 0.292 e. The lowest BCUT2D eigenvalue weighted by atomic mass is 10.0. The van der Waals surface area contributed by atoms with Crippen LogP contribution in [0.3, 0.4) is 0 Å². The van der Waals surface area contributed by atoms with Crippen molar-refractivity contribution in [3.8, 4) is 11.5 Å². The second-order valence-corrected chi connectivity index (χ2v) is 6.12. The summed E-state index contributed by atoms with van der Waals surface area (Å²) < 4.78 is 7.40. The molecule has 6 heteroatoms. The molecule has 2 aromatic heterocycles. The zero-order valence-electron chi connectivity index (χ0n) is 12.6. The molecular weight excluding hydrogens is 308 g/mol. The molecule has 1 atom stereocenters. The molecule has 0 radical (unpaired) electrons. The first-order valence-corrected chi connectivity index (χ1v) is 8.09. The highest BCUT2D eigenvalue weighted by molar-refractivity contribution is 7.71. The predicted octanol–water partition coefficient (Wildman–Crippen LogP) is 1.87. The van der Waals surface area contributed by atoms with Crippen LogP contribution in [0.2, 0.25) is 0 Å². The normalized spacial score (nSPS) is 17.0. The Morgan fingerprint density at radius 3 is 2.87 bits per heavy atom. The summed E-state index contributed by atoms with van der Waals surface area (Å²) in [4.78, 5) is 5.94. The van der Waals surface area contributed by atoms with E-state index in [9.17, 15) is 0 Å². The van der Waals surface area contributed by atoms with Crippen molar-refractivity contribution in [2.45, 2.75) is 19.6 Å². The van der Waals surface area contributed by atoms with E-state index in [0.717, 1.165) is 31.7 Å². The topological polar surface area (TPSA) is 48.3 Å². The molecule has 0 spiro atoms. The van der Waals surface area contributed by atoms with Gasteiger partial charge in [-0.3, -0.25) is 4.98 Å². The lowest BCUT2D eigenvalue weighted by Gasteiger charge is -2.25. The molecule has 0 aliphatic carbocycles. The molecule has 0 saturated heterocycles. The first-order valence-electron chi connectivity index (χ1n) is 7.68. The molecule has 0 fully saturated rings. The fourth-order valence-electron chi connectivity index (χ4n) is 3.00. The Morgan fingerprint density at radius 2 is 2.04 bits per heavy atom. The molecule has 23 heavy (non-hydrogen) atoms. The van der Waals surface area contributed by atoms with Crippen molar-refractivity contribution in [1.29, 1.82) is 0 Å². The zero-order valence-corrected chi connectivity index (χ0v) is 13.4. The van der Waals surface area contributed by atoms with E-state index in [4.69, 9.17) is 16.6 Å². The van der Waals surface area contributed by atoms with Gasteiger partial charge in [0.05, 0.1) is 12.1 Å². The number of hydrogen-bond donors (Lipinski definition) is 1. The van der Waals surface area contributed by atoms with Gasteiger partial charge in [-0.25, -0.2) is 0 Å². The summed E-state index contributed by atoms with van der Waals surface area (Å²) in [6, 6.07) is 12.4. The van der Waals surface area contributed by atoms with Crippen LogP contribution in [0.4, 0.5) is 0 Å². The molecule has 1 aliphatic rings. The summed E-state index contributed by atoms with van der Waals surface area (Å²) >= 11 is 5.32. The number of hydrogen-bond acceptors (Lipinski definition) is 4. The van der Waals surface area contributed by atoms with Gasteiger partial charge in [-0.15, -0.1) is 5.10 Å². The van der Waals surface area contributed by atoms with Crippen molar-refractivity contribution in [2.75, 3.05) is 6.54 Å². The Hall–Kier alpha value is -2.31. The minimum Gasteiger partial charge on any atom is -0.409 e. The molecule has 1 aromatic carbocycles. The molecule has 0 amide bonds. The molecule has 4 rings (SSSR count). The van der Waals surface area contributed by atoms with Crippen LogP contribution in [0.1, 0.15) is 11.1 Å². The maximum atomic E-state index is 5.63. The van der Waals surface area contributed by atoms with Gasteiger partial charge in [0.25, 0.3) is 4.84 Å². The van der Waals surface area contributed by atoms with Gasteiger partial charge < -0.3 is 9.32 Å².